The number of imidazole rings is 1. The number of nitrogens with one attached hydrogen (secondary N) is 1. The Hall–Kier alpha value is -1.81. The van der Waals surface area contributed by atoms with Crippen LogP contribution in [0.2, 0.25) is 0 Å². The van der Waals surface area contributed by atoms with Crippen LogP contribution in [0.5, 0.6) is 5.75 Å². The van der Waals surface area contributed by atoms with Crippen molar-refractivity contribution < 1.29 is 4.74 Å². The lowest BCUT2D eigenvalue weighted by Gasteiger charge is -2.27. The summed E-state index contributed by atoms with van der Waals surface area (Å²) in [6.07, 6.45) is 4.96. The molecule has 0 saturated carbocycles. The van der Waals surface area contributed by atoms with Gasteiger partial charge in [0.05, 0.1) is 13.2 Å². The van der Waals surface area contributed by atoms with Crippen LogP contribution in [-0.2, 0) is 13.0 Å². The summed E-state index contributed by atoms with van der Waals surface area (Å²) in [5.74, 6) is 1.98. The van der Waals surface area contributed by atoms with E-state index in [2.05, 4.69) is 33.9 Å². The highest BCUT2D eigenvalue weighted by molar-refractivity contribution is 5.41. The summed E-state index contributed by atoms with van der Waals surface area (Å²) in [5.41, 5.74) is 2.67. The topological polar surface area (TPSA) is 39.1 Å². The average molecular weight is 257 g/mol. The van der Waals surface area contributed by atoms with Gasteiger partial charge in [-0.3, -0.25) is 0 Å². The van der Waals surface area contributed by atoms with Gasteiger partial charge in [0.25, 0.3) is 0 Å². The van der Waals surface area contributed by atoms with Gasteiger partial charge in [-0.15, -0.1) is 0 Å². The van der Waals surface area contributed by atoms with Gasteiger partial charge in [-0.2, -0.15) is 0 Å². The standard InChI is InChI=1S/C15H19N3O/c1-3-18-9-8-17-15(18)14-13-10-12(19-2)5-4-11(13)6-7-16-14/h4-5,8-10,14,16H,3,6-7H2,1-2H3. The molecule has 0 radical (unpaired) electrons. The summed E-state index contributed by atoms with van der Waals surface area (Å²) in [6.45, 7) is 4.06. The maximum atomic E-state index is 5.35. The van der Waals surface area contributed by atoms with Crippen LogP contribution in [0.3, 0.4) is 0 Å². The molecular weight excluding hydrogens is 238 g/mol. The van der Waals surface area contributed by atoms with Crippen molar-refractivity contribution in [3.05, 3.63) is 47.5 Å². The molecule has 0 amide bonds. The summed E-state index contributed by atoms with van der Waals surface area (Å²) in [5, 5.41) is 3.56. The first-order chi connectivity index (χ1) is 9.33. The molecule has 0 saturated heterocycles. The molecule has 3 rings (SSSR count). The van der Waals surface area contributed by atoms with Crippen LogP contribution in [0.15, 0.2) is 30.6 Å². The highest BCUT2D eigenvalue weighted by atomic mass is 16.5. The number of ether oxygens (including phenoxy) is 1. The first-order valence-electron chi connectivity index (χ1n) is 6.74. The van der Waals surface area contributed by atoms with Crippen LogP contribution in [0.25, 0.3) is 0 Å². The molecular formula is C15H19N3O. The van der Waals surface area contributed by atoms with Gasteiger partial charge in [-0.25, -0.2) is 4.98 Å². The van der Waals surface area contributed by atoms with Gasteiger partial charge in [-0.05, 0) is 36.6 Å². The Morgan fingerprint density at radius 1 is 1.47 bits per heavy atom. The van der Waals surface area contributed by atoms with E-state index in [9.17, 15) is 0 Å². The Morgan fingerprint density at radius 3 is 3.16 bits per heavy atom. The van der Waals surface area contributed by atoms with Crippen LogP contribution in [-0.4, -0.2) is 23.2 Å². The number of aromatic nitrogens is 2. The Labute approximate surface area is 113 Å². The summed E-state index contributed by atoms with van der Waals surface area (Å²) >= 11 is 0. The summed E-state index contributed by atoms with van der Waals surface area (Å²) in [4.78, 5) is 4.52. The number of aryl methyl sites for hydroxylation is 1. The highest BCUT2D eigenvalue weighted by Crippen LogP contribution is 2.30. The third kappa shape index (κ3) is 2.12. The highest BCUT2D eigenvalue weighted by Gasteiger charge is 2.24. The van der Waals surface area contributed by atoms with Gasteiger partial charge in [0.2, 0.25) is 0 Å². The Bertz CT molecular complexity index is 577. The number of nitrogens with zero attached hydrogens (tertiary/aromatic N) is 2. The maximum Gasteiger partial charge on any atom is 0.130 e. The fourth-order valence-electron chi connectivity index (χ4n) is 2.74. The zero-order valence-corrected chi connectivity index (χ0v) is 11.4. The molecule has 2 heterocycles. The van der Waals surface area contributed by atoms with Gasteiger partial charge < -0.3 is 14.6 Å². The number of hydrogen-bond acceptors (Lipinski definition) is 3. The van der Waals surface area contributed by atoms with Crippen LogP contribution in [0, 0.1) is 0 Å². The minimum Gasteiger partial charge on any atom is -0.497 e. The second-order valence-corrected chi connectivity index (χ2v) is 4.77. The van der Waals surface area contributed by atoms with Crippen molar-refractivity contribution >= 4 is 0 Å². The largest absolute Gasteiger partial charge is 0.497 e. The second-order valence-electron chi connectivity index (χ2n) is 4.77. The number of rotatable bonds is 3. The average Bonchev–Trinajstić information content (AvgIpc) is 2.94. The van der Waals surface area contributed by atoms with E-state index >= 15 is 0 Å². The van der Waals surface area contributed by atoms with Gasteiger partial charge in [0, 0.05) is 25.5 Å². The van der Waals surface area contributed by atoms with Crippen molar-refractivity contribution in [3.8, 4) is 5.75 Å². The van der Waals surface area contributed by atoms with Crippen LogP contribution >= 0.6 is 0 Å². The van der Waals surface area contributed by atoms with Crippen LogP contribution in [0.1, 0.15) is 29.9 Å². The zero-order valence-electron chi connectivity index (χ0n) is 11.4. The minimum absolute atomic E-state index is 0.161. The lowest BCUT2D eigenvalue weighted by molar-refractivity contribution is 0.412. The molecule has 1 aliphatic rings. The molecule has 0 bridgehead atoms. The number of benzene rings is 1. The summed E-state index contributed by atoms with van der Waals surface area (Å²) in [6, 6.07) is 6.49. The van der Waals surface area contributed by atoms with E-state index in [1.165, 1.54) is 11.1 Å². The smallest absolute Gasteiger partial charge is 0.130 e. The van der Waals surface area contributed by atoms with Crippen molar-refractivity contribution in [2.24, 2.45) is 0 Å². The molecule has 1 atom stereocenters. The van der Waals surface area contributed by atoms with E-state index in [0.717, 1.165) is 31.1 Å². The molecule has 19 heavy (non-hydrogen) atoms. The molecule has 1 aromatic carbocycles. The van der Waals surface area contributed by atoms with Gasteiger partial charge in [0.15, 0.2) is 0 Å². The summed E-state index contributed by atoms with van der Waals surface area (Å²) < 4.78 is 7.53. The molecule has 0 aliphatic carbocycles. The molecule has 0 spiro atoms. The third-order valence-corrected chi connectivity index (χ3v) is 3.75. The first-order valence-corrected chi connectivity index (χ1v) is 6.74. The lowest BCUT2D eigenvalue weighted by atomic mass is 9.93. The molecule has 1 aromatic heterocycles. The summed E-state index contributed by atoms with van der Waals surface area (Å²) in [7, 11) is 1.71. The molecule has 4 nitrogen and oxygen atoms in total. The molecule has 1 N–H and O–H groups in total. The second kappa shape index (κ2) is 5.05. The molecule has 1 unspecified atom stereocenters. The normalized spacial score (nSPS) is 18.1. The Kier molecular flexibility index (Phi) is 3.25. The van der Waals surface area contributed by atoms with Crippen molar-refractivity contribution in [2.75, 3.05) is 13.7 Å². The first kappa shape index (κ1) is 12.2. The van der Waals surface area contributed by atoms with E-state index in [1.807, 2.05) is 18.5 Å². The van der Waals surface area contributed by atoms with Crippen molar-refractivity contribution in [1.29, 1.82) is 0 Å². The fourth-order valence-corrected chi connectivity index (χ4v) is 2.74. The monoisotopic (exact) mass is 257 g/mol. The van der Waals surface area contributed by atoms with E-state index < -0.39 is 0 Å². The van der Waals surface area contributed by atoms with E-state index in [1.54, 1.807) is 7.11 Å². The lowest BCUT2D eigenvalue weighted by Crippen LogP contribution is -2.32. The molecule has 1 aliphatic heterocycles. The predicted octanol–water partition coefficient (Wildman–Crippen LogP) is 2.15. The Balaban J connectivity index is 2.06. The third-order valence-electron chi connectivity index (χ3n) is 3.75. The van der Waals surface area contributed by atoms with E-state index in [4.69, 9.17) is 4.74 Å². The molecule has 4 heteroatoms. The van der Waals surface area contributed by atoms with Gasteiger partial charge in [0.1, 0.15) is 11.6 Å². The number of fused-ring (bicyclic) bond motifs is 1. The van der Waals surface area contributed by atoms with Crippen molar-refractivity contribution in [2.45, 2.75) is 25.9 Å². The van der Waals surface area contributed by atoms with E-state index in [0.29, 0.717) is 0 Å². The molecule has 2 aromatic rings. The maximum absolute atomic E-state index is 5.35. The van der Waals surface area contributed by atoms with Crippen LogP contribution in [0.4, 0.5) is 0 Å². The quantitative estimate of drug-likeness (QED) is 0.915. The molecule has 0 fully saturated rings. The van der Waals surface area contributed by atoms with Crippen molar-refractivity contribution in [3.63, 3.8) is 0 Å². The number of methoxy groups -OCH3 is 1. The van der Waals surface area contributed by atoms with Crippen LogP contribution < -0.4 is 10.1 Å². The van der Waals surface area contributed by atoms with E-state index in [-0.39, 0.29) is 6.04 Å². The van der Waals surface area contributed by atoms with Crippen molar-refractivity contribution in [1.82, 2.24) is 14.9 Å². The fraction of sp³-hybridized carbons (Fsp3) is 0.400. The number of hydrogen-bond donors (Lipinski definition) is 1. The van der Waals surface area contributed by atoms with Gasteiger partial charge in [-0.1, -0.05) is 6.07 Å². The predicted molar refractivity (Wildman–Crippen MR) is 74.4 cm³/mol. The molecule has 100 valence electrons. The zero-order chi connectivity index (χ0) is 13.2. The SMILES string of the molecule is CCn1ccnc1C1NCCc2ccc(OC)cc21. The Morgan fingerprint density at radius 2 is 2.37 bits per heavy atom. The van der Waals surface area contributed by atoms with Gasteiger partial charge >= 0.3 is 0 Å². The minimum atomic E-state index is 0.161.